The van der Waals surface area contributed by atoms with Crippen molar-refractivity contribution < 1.29 is 22.5 Å². The van der Waals surface area contributed by atoms with Crippen LogP contribution in [0.3, 0.4) is 0 Å². The minimum absolute atomic E-state index is 0.115. The molecule has 160 valence electrons. The van der Waals surface area contributed by atoms with Crippen molar-refractivity contribution in [3.05, 3.63) is 47.3 Å². The Bertz CT molecular complexity index is 744. The summed E-state index contributed by atoms with van der Waals surface area (Å²) in [5.41, 5.74) is -0.111. The zero-order valence-corrected chi connectivity index (χ0v) is 17.0. The number of hydrogen-bond acceptors (Lipinski definition) is 3. The van der Waals surface area contributed by atoms with Gasteiger partial charge in [-0.25, -0.2) is 0 Å². The highest BCUT2D eigenvalue weighted by atomic mass is 19.4. The van der Waals surface area contributed by atoms with Crippen LogP contribution in [0, 0.1) is 0 Å². The summed E-state index contributed by atoms with van der Waals surface area (Å²) in [6.45, 7) is 4.28. The van der Waals surface area contributed by atoms with Crippen molar-refractivity contribution in [1.29, 1.82) is 0 Å². The Labute approximate surface area is 169 Å². The molecule has 7 heteroatoms. The lowest BCUT2D eigenvalue weighted by Crippen LogP contribution is -2.15. The molecule has 2 rings (SSSR count). The van der Waals surface area contributed by atoms with Crippen LogP contribution >= 0.6 is 0 Å². The number of unbranched alkanes of at least 4 members (excludes halogenated alkanes) is 4. The Morgan fingerprint density at radius 1 is 1.03 bits per heavy atom. The summed E-state index contributed by atoms with van der Waals surface area (Å²) in [7, 11) is 0. The Hall–Kier alpha value is -2.31. The number of alkyl halides is 3. The van der Waals surface area contributed by atoms with E-state index in [2.05, 4.69) is 24.3 Å². The van der Waals surface area contributed by atoms with Gasteiger partial charge in [0.1, 0.15) is 5.56 Å². The van der Waals surface area contributed by atoms with E-state index < -0.39 is 17.6 Å². The third kappa shape index (κ3) is 6.91. The fourth-order valence-electron chi connectivity index (χ4n) is 3.34. The molecule has 0 atom stereocenters. The minimum Gasteiger partial charge on any atom is -0.360 e. The Balaban J connectivity index is 2.11. The van der Waals surface area contributed by atoms with Gasteiger partial charge in [-0.1, -0.05) is 57.5 Å². The maximum absolute atomic E-state index is 12.7. The van der Waals surface area contributed by atoms with Gasteiger partial charge in [0, 0.05) is 11.6 Å². The maximum Gasteiger partial charge on any atom is 0.416 e. The van der Waals surface area contributed by atoms with Crippen LogP contribution in [0.25, 0.3) is 0 Å². The second kappa shape index (κ2) is 11.0. The van der Waals surface area contributed by atoms with Gasteiger partial charge in [0.15, 0.2) is 5.76 Å². The quantitative estimate of drug-likeness (QED) is 0.399. The number of halogens is 3. The van der Waals surface area contributed by atoms with Gasteiger partial charge in [-0.3, -0.25) is 4.79 Å². The summed E-state index contributed by atoms with van der Waals surface area (Å²) >= 11 is 0. The number of nitrogens with one attached hydrogen (secondary N) is 1. The summed E-state index contributed by atoms with van der Waals surface area (Å²) < 4.78 is 43.5. The Kier molecular flexibility index (Phi) is 8.73. The number of nitrogens with zero attached hydrogens (tertiary/aromatic N) is 1. The SMILES string of the molecule is CCCCCC(CCCCC)c1oncc1C(=O)Nc1ccc(C(F)(F)F)cc1. The highest BCUT2D eigenvalue weighted by Crippen LogP contribution is 2.32. The first-order valence-corrected chi connectivity index (χ1v) is 10.3. The van der Waals surface area contributed by atoms with E-state index in [4.69, 9.17) is 4.52 Å². The molecule has 0 fully saturated rings. The van der Waals surface area contributed by atoms with E-state index in [1.54, 1.807) is 0 Å². The van der Waals surface area contributed by atoms with Gasteiger partial charge >= 0.3 is 6.18 Å². The molecule has 1 N–H and O–H groups in total. The average molecular weight is 410 g/mol. The molecule has 4 nitrogen and oxygen atoms in total. The second-order valence-electron chi connectivity index (χ2n) is 7.32. The Morgan fingerprint density at radius 2 is 1.62 bits per heavy atom. The van der Waals surface area contributed by atoms with Gasteiger partial charge in [-0.05, 0) is 37.1 Å². The van der Waals surface area contributed by atoms with Crippen LogP contribution in [0.4, 0.5) is 18.9 Å². The zero-order valence-electron chi connectivity index (χ0n) is 17.0. The summed E-state index contributed by atoms with van der Waals surface area (Å²) in [5, 5.41) is 6.47. The van der Waals surface area contributed by atoms with Crippen molar-refractivity contribution in [3.63, 3.8) is 0 Å². The summed E-state index contributed by atoms with van der Waals surface area (Å²) in [4.78, 5) is 12.7. The zero-order chi connectivity index (χ0) is 21.3. The first kappa shape index (κ1) is 23.0. The molecular formula is C22H29F3N2O2. The molecule has 29 heavy (non-hydrogen) atoms. The van der Waals surface area contributed by atoms with E-state index in [-0.39, 0.29) is 5.92 Å². The topological polar surface area (TPSA) is 55.1 Å². The van der Waals surface area contributed by atoms with Crippen molar-refractivity contribution in [2.75, 3.05) is 5.32 Å². The van der Waals surface area contributed by atoms with E-state index >= 15 is 0 Å². The number of hydrogen-bond donors (Lipinski definition) is 1. The standard InChI is InChI=1S/C22H29F3N2O2/c1-3-5-7-9-16(10-8-6-4-2)20-19(15-26-29-20)21(28)27-18-13-11-17(12-14-18)22(23,24)25/h11-16H,3-10H2,1-2H3,(H,27,28). The smallest absolute Gasteiger partial charge is 0.360 e. The lowest BCUT2D eigenvalue weighted by atomic mass is 9.90. The molecule has 0 saturated carbocycles. The lowest BCUT2D eigenvalue weighted by molar-refractivity contribution is -0.137. The van der Waals surface area contributed by atoms with E-state index in [0.717, 1.165) is 63.5 Å². The van der Waals surface area contributed by atoms with E-state index in [1.165, 1.54) is 18.3 Å². The van der Waals surface area contributed by atoms with Crippen LogP contribution in [0.2, 0.25) is 0 Å². The highest BCUT2D eigenvalue weighted by molar-refractivity contribution is 6.04. The van der Waals surface area contributed by atoms with Crippen molar-refractivity contribution in [3.8, 4) is 0 Å². The number of rotatable bonds is 11. The van der Waals surface area contributed by atoms with Crippen LogP contribution in [0.15, 0.2) is 35.0 Å². The average Bonchev–Trinajstić information content (AvgIpc) is 3.16. The number of anilines is 1. The van der Waals surface area contributed by atoms with Gasteiger partial charge in [-0.15, -0.1) is 0 Å². The van der Waals surface area contributed by atoms with E-state index in [9.17, 15) is 18.0 Å². The molecule has 0 aliphatic heterocycles. The highest BCUT2D eigenvalue weighted by Gasteiger charge is 2.30. The normalized spacial score (nSPS) is 11.8. The fourth-order valence-corrected chi connectivity index (χ4v) is 3.34. The summed E-state index contributed by atoms with van der Waals surface area (Å²) in [6.07, 6.45) is 5.38. The van der Waals surface area contributed by atoms with E-state index in [0.29, 0.717) is 17.0 Å². The maximum atomic E-state index is 12.7. The number of aromatic nitrogens is 1. The summed E-state index contributed by atoms with van der Waals surface area (Å²) in [6, 6.07) is 4.38. The molecule has 2 aromatic rings. The second-order valence-corrected chi connectivity index (χ2v) is 7.32. The molecule has 1 aromatic carbocycles. The molecule has 0 unspecified atom stereocenters. The molecule has 1 heterocycles. The van der Waals surface area contributed by atoms with Crippen LogP contribution < -0.4 is 5.32 Å². The molecule has 0 aliphatic rings. The van der Waals surface area contributed by atoms with Gasteiger partial charge in [-0.2, -0.15) is 13.2 Å². The third-order valence-corrected chi connectivity index (χ3v) is 5.00. The summed E-state index contributed by atoms with van der Waals surface area (Å²) in [5.74, 6) is 0.266. The number of amides is 1. The van der Waals surface area contributed by atoms with Crippen molar-refractivity contribution in [1.82, 2.24) is 5.16 Å². The number of carbonyl (C=O) groups excluding carboxylic acids is 1. The third-order valence-electron chi connectivity index (χ3n) is 5.00. The van der Waals surface area contributed by atoms with Crippen molar-refractivity contribution >= 4 is 11.6 Å². The molecule has 0 saturated heterocycles. The van der Waals surface area contributed by atoms with Crippen molar-refractivity contribution in [2.45, 2.75) is 77.3 Å². The van der Waals surface area contributed by atoms with Crippen LogP contribution in [-0.4, -0.2) is 11.1 Å². The molecule has 0 bridgehead atoms. The van der Waals surface area contributed by atoms with Gasteiger partial charge in [0.05, 0.1) is 11.8 Å². The van der Waals surface area contributed by atoms with Gasteiger partial charge < -0.3 is 9.84 Å². The lowest BCUT2D eigenvalue weighted by Gasteiger charge is -2.15. The first-order chi connectivity index (χ1) is 13.9. The first-order valence-electron chi connectivity index (χ1n) is 10.3. The molecular weight excluding hydrogens is 381 g/mol. The predicted octanol–water partition coefficient (Wildman–Crippen LogP) is 7.19. The molecule has 0 spiro atoms. The monoisotopic (exact) mass is 410 g/mol. The fraction of sp³-hybridized carbons (Fsp3) is 0.545. The van der Waals surface area contributed by atoms with Crippen LogP contribution in [0.5, 0.6) is 0 Å². The number of benzene rings is 1. The van der Waals surface area contributed by atoms with E-state index in [1.807, 2.05) is 0 Å². The van der Waals surface area contributed by atoms with Crippen LogP contribution in [0.1, 0.15) is 92.8 Å². The van der Waals surface area contributed by atoms with Gasteiger partial charge in [0.25, 0.3) is 5.91 Å². The number of carbonyl (C=O) groups is 1. The Morgan fingerprint density at radius 3 is 2.14 bits per heavy atom. The molecule has 0 aliphatic carbocycles. The predicted molar refractivity (Wildman–Crippen MR) is 107 cm³/mol. The van der Waals surface area contributed by atoms with Gasteiger partial charge in [0.2, 0.25) is 0 Å². The molecule has 1 amide bonds. The van der Waals surface area contributed by atoms with Crippen LogP contribution in [-0.2, 0) is 6.18 Å². The molecule has 1 aromatic heterocycles. The largest absolute Gasteiger partial charge is 0.416 e. The molecule has 0 radical (unpaired) electrons. The van der Waals surface area contributed by atoms with Crippen molar-refractivity contribution in [2.24, 2.45) is 0 Å². The minimum atomic E-state index is -4.41.